The van der Waals surface area contributed by atoms with E-state index in [1.807, 2.05) is 0 Å². The molecule has 0 aromatic heterocycles. The number of rotatable bonds is 2. The summed E-state index contributed by atoms with van der Waals surface area (Å²) in [5, 5.41) is 0.537. The lowest BCUT2D eigenvalue weighted by molar-refractivity contribution is 0.663. The van der Waals surface area contributed by atoms with Crippen LogP contribution in [0, 0.1) is 0 Å². The molecule has 0 radical (unpaired) electrons. The molecule has 0 saturated carbocycles. The predicted octanol–water partition coefficient (Wildman–Crippen LogP) is 4.69. The van der Waals surface area contributed by atoms with E-state index in [-0.39, 0.29) is 0 Å². The van der Waals surface area contributed by atoms with E-state index in [1.165, 1.54) is 0 Å². The highest BCUT2D eigenvalue weighted by atomic mass is 28.3. The van der Waals surface area contributed by atoms with Gasteiger partial charge in [-0.05, 0) is 5.04 Å². The summed E-state index contributed by atoms with van der Waals surface area (Å²) in [7, 11) is -1.11. The van der Waals surface area contributed by atoms with Crippen LogP contribution in [-0.2, 0) is 0 Å². The van der Waals surface area contributed by atoms with Gasteiger partial charge in [0.2, 0.25) is 0 Å². The van der Waals surface area contributed by atoms with Gasteiger partial charge >= 0.3 is 0 Å². The summed E-state index contributed by atoms with van der Waals surface area (Å²) in [5.41, 5.74) is 1.77. The van der Waals surface area contributed by atoms with Crippen LogP contribution in [0.2, 0.25) is 22.7 Å². The fourth-order valence-corrected chi connectivity index (χ4v) is 7.20. The molecule has 0 rings (SSSR count). The second-order valence-electron chi connectivity index (χ2n) is 5.84. The molecule has 0 fully saturated rings. The first-order valence-electron chi connectivity index (χ1n) is 5.14. The smallest absolute Gasteiger partial charge is 0.0610 e. The number of hydrogen-bond acceptors (Lipinski definition) is 0. The van der Waals surface area contributed by atoms with Gasteiger partial charge in [0.05, 0.1) is 8.07 Å². The van der Waals surface area contributed by atoms with Gasteiger partial charge in [-0.2, -0.15) is 0 Å². The fourth-order valence-electron chi connectivity index (χ4n) is 2.40. The van der Waals surface area contributed by atoms with Crippen molar-refractivity contribution in [1.82, 2.24) is 0 Å². The molecule has 0 unspecified atom stereocenters. The summed E-state index contributed by atoms with van der Waals surface area (Å²) < 4.78 is 0. The van der Waals surface area contributed by atoms with Crippen molar-refractivity contribution >= 4 is 8.07 Å². The molecule has 0 aliphatic carbocycles. The van der Waals surface area contributed by atoms with Gasteiger partial charge in [-0.15, -0.1) is 0 Å². The van der Waals surface area contributed by atoms with Crippen molar-refractivity contribution in [1.29, 1.82) is 0 Å². The second-order valence-corrected chi connectivity index (χ2v) is 12.2. The SMILES string of the molecule is CC(C)[Si](C)(C(C)C)C(C)(C)C. The lowest BCUT2D eigenvalue weighted by Crippen LogP contribution is -2.46. The monoisotopic (exact) mass is 186 g/mol. The zero-order valence-electron chi connectivity index (χ0n) is 10.2. The van der Waals surface area contributed by atoms with Gasteiger partial charge in [-0.1, -0.05) is 66.1 Å². The lowest BCUT2D eigenvalue weighted by atomic mass is 10.2. The normalized spacial score (nSPS) is 14.5. The Morgan fingerprint density at radius 1 is 0.833 bits per heavy atom. The summed E-state index contributed by atoms with van der Waals surface area (Å²) in [5.74, 6) is 0. The Morgan fingerprint density at radius 3 is 1.08 bits per heavy atom. The van der Waals surface area contributed by atoms with Crippen molar-refractivity contribution in [2.45, 2.75) is 71.1 Å². The van der Waals surface area contributed by atoms with Crippen LogP contribution in [0.15, 0.2) is 0 Å². The van der Waals surface area contributed by atoms with Crippen LogP contribution in [0.1, 0.15) is 48.5 Å². The van der Waals surface area contributed by atoms with E-state index < -0.39 is 8.07 Å². The predicted molar refractivity (Wildman–Crippen MR) is 61.5 cm³/mol. The molecule has 0 bridgehead atoms. The Morgan fingerprint density at radius 2 is 1.08 bits per heavy atom. The maximum atomic E-state index is 2.56. The maximum absolute atomic E-state index is 2.56. The van der Waals surface area contributed by atoms with Crippen molar-refractivity contribution < 1.29 is 0 Å². The summed E-state index contributed by atoms with van der Waals surface area (Å²) >= 11 is 0. The molecular weight excluding hydrogens is 160 g/mol. The average Bonchev–Trinajstić information content (AvgIpc) is 1.82. The molecule has 74 valence electrons. The second kappa shape index (κ2) is 3.53. The average molecular weight is 186 g/mol. The van der Waals surface area contributed by atoms with Crippen molar-refractivity contribution in [2.75, 3.05) is 0 Å². The van der Waals surface area contributed by atoms with Gasteiger partial charge in [-0.3, -0.25) is 0 Å². The molecule has 0 aliphatic heterocycles. The van der Waals surface area contributed by atoms with E-state index in [0.717, 1.165) is 11.1 Å². The molecule has 0 heterocycles. The summed E-state index contributed by atoms with van der Waals surface area (Å²) in [6.07, 6.45) is 0. The van der Waals surface area contributed by atoms with Crippen LogP contribution >= 0.6 is 0 Å². The van der Waals surface area contributed by atoms with Crippen molar-refractivity contribution in [3.8, 4) is 0 Å². The fraction of sp³-hybridized carbons (Fsp3) is 1.00. The molecule has 0 aromatic rings. The summed E-state index contributed by atoms with van der Waals surface area (Å²) in [6.45, 7) is 19.4. The van der Waals surface area contributed by atoms with Gasteiger partial charge < -0.3 is 0 Å². The van der Waals surface area contributed by atoms with E-state index in [4.69, 9.17) is 0 Å². The van der Waals surface area contributed by atoms with E-state index in [9.17, 15) is 0 Å². The van der Waals surface area contributed by atoms with Crippen LogP contribution < -0.4 is 0 Å². The highest BCUT2D eigenvalue weighted by Gasteiger charge is 2.44. The molecule has 0 aliphatic rings. The minimum Gasteiger partial charge on any atom is -0.0684 e. The van der Waals surface area contributed by atoms with Crippen LogP contribution in [-0.4, -0.2) is 8.07 Å². The maximum Gasteiger partial charge on any atom is 0.0610 e. The van der Waals surface area contributed by atoms with Crippen LogP contribution in [0.25, 0.3) is 0 Å². The molecule has 0 spiro atoms. The van der Waals surface area contributed by atoms with Crippen LogP contribution in [0.3, 0.4) is 0 Å². The highest BCUT2D eigenvalue weighted by molar-refractivity contribution is 6.83. The molecule has 0 N–H and O–H groups in total. The third-order valence-corrected chi connectivity index (χ3v) is 12.0. The van der Waals surface area contributed by atoms with E-state index >= 15 is 0 Å². The molecule has 0 aromatic carbocycles. The standard InChI is InChI=1S/C11H26Si/c1-9(2)12(8,10(3)4)11(5,6)7/h9-10H,1-8H3. The molecule has 0 saturated heterocycles. The third-order valence-electron chi connectivity index (χ3n) is 4.01. The third kappa shape index (κ3) is 1.93. The molecule has 12 heavy (non-hydrogen) atoms. The quantitative estimate of drug-likeness (QED) is 0.549. The summed E-state index contributed by atoms with van der Waals surface area (Å²) in [6, 6.07) is 0. The Bertz CT molecular complexity index is 132. The molecule has 0 nitrogen and oxygen atoms in total. The Balaban J connectivity index is 4.89. The van der Waals surface area contributed by atoms with Crippen LogP contribution in [0.4, 0.5) is 0 Å². The minimum atomic E-state index is -1.11. The van der Waals surface area contributed by atoms with Crippen molar-refractivity contribution in [2.24, 2.45) is 0 Å². The summed E-state index contributed by atoms with van der Waals surface area (Å²) in [4.78, 5) is 0. The Kier molecular flexibility index (Phi) is 3.59. The topological polar surface area (TPSA) is 0 Å². The zero-order valence-corrected chi connectivity index (χ0v) is 11.2. The first kappa shape index (κ1) is 12.2. The van der Waals surface area contributed by atoms with E-state index in [0.29, 0.717) is 5.04 Å². The van der Waals surface area contributed by atoms with Crippen LogP contribution in [0.5, 0.6) is 0 Å². The van der Waals surface area contributed by atoms with E-state index in [1.54, 1.807) is 0 Å². The Labute approximate surface area is 79.8 Å². The van der Waals surface area contributed by atoms with Gasteiger partial charge in [0, 0.05) is 0 Å². The first-order valence-corrected chi connectivity index (χ1v) is 7.79. The molecular formula is C11H26Si. The first-order chi connectivity index (χ1) is 5.14. The number of hydrogen-bond donors (Lipinski definition) is 0. The largest absolute Gasteiger partial charge is 0.0684 e. The lowest BCUT2D eigenvalue weighted by Gasteiger charge is -2.47. The zero-order chi connectivity index (χ0) is 10.2. The van der Waals surface area contributed by atoms with Crippen molar-refractivity contribution in [3.05, 3.63) is 0 Å². The Hall–Kier alpha value is 0.217. The van der Waals surface area contributed by atoms with Gasteiger partial charge in [0.15, 0.2) is 0 Å². The van der Waals surface area contributed by atoms with Gasteiger partial charge in [0.1, 0.15) is 0 Å². The van der Waals surface area contributed by atoms with Gasteiger partial charge in [0.25, 0.3) is 0 Å². The minimum absolute atomic E-state index is 0.537. The molecule has 0 atom stereocenters. The van der Waals surface area contributed by atoms with E-state index in [2.05, 4.69) is 55.0 Å². The van der Waals surface area contributed by atoms with Gasteiger partial charge in [-0.25, -0.2) is 0 Å². The molecule has 1 heteroatoms. The molecule has 0 amide bonds. The van der Waals surface area contributed by atoms with Crippen molar-refractivity contribution in [3.63, 3.8) is 0 Å². The highest BCUT2D eigenvalue weighted by Crippen LogP contribution is 2.49.